The highest BCUT2D eigenvalue weighted by molar-refractivity contribution is 7.98. The first-order chi connectivity index (χ1) is 6.57. The standard InChI is InChI=1S/C9H10O4S/c1-14-8-5(7(11)9(12)13)3-2-4-6(8)10/h2-4,7,10-11H,1H3,(H,12,13). The van der Waals surface area contributed by atoms with Gasteiger partial charge in [0.15, 0.2) is 6.10 Å². The summed E-state index contributed by atoms with van der Waals surface area (Å²) in [5, 5.41) is 27.3. The quantitative estimate of drug-likeness (QED) is 0.660. The molecule has 1 rings (SSSR count). The lowest BCUT2D eigenvalue weighted by Crippen LogP contribution is -2.11. The van der Waals surface area contributed by atoms with Crippen molar-refractivity contribution in [3.05, 3.63) is 23.8 Å². The zero-order valence-corrected chi connectivity index (χ0v) is 8.28. The highest BCUT2D eigenvalue weighted by atomic mass is 32.2. The number of carbonyl (C=O) groups is 1. The first kappa shape index (κ1) is 10.9. The van der Waals surface area contributed by atoms with Gasteiger partial charge in [-0.2, -0.15) is 0 Å². The number of hydrogen-bond donors (Lipinski definition) is 3. The molecule has 0 amide bonds. The maximum absolute atomic E-state index is 10.5. The lowest BCUT2D eigenvalue weighted by Gasteiger charge is -2.11. The van der Waals surface area contributed by atoms with Gasteiger partial charge in [-0.25, -0.2) is 4.79 Å². The number of benzene rings is 1. The second-order valence-electron chi connectivity index (χ2n) is 2.64. The predicted molar refractivity (Wildman–Crippen MR) is 52.5 cm³/mol. The molecule has 0 aliphatic rings. The number of thioether (sulfide) groups is 1. The lowest BCUT2D eigenvalue weighted by molar-refractivity contribution is -0.147. The number of aliphatic carboxylic acids is 1. The number of phenolic OH excluding ortho intramolecular Hbond substituents is 1. The molecule has 0 saturated heterocycles. The zero-order valence-electron chi connectivity index (χ0n) is 7.47. The molecule has 0 heterocycles. The number of aromatic hydroxyl groups is 1. The number of hydrogen-bond acceptors (Lipinski definition) is 4. The molecule has 3 N–H and O–H groups in total. The molecular weight excluding hydrogens is 204 g/mol. The summed E-state index contributed by atoms with van der Waals surface area (Å²) in [7, 11) is 0. The Kier molecular flexibility index (Phi) is 3.38. The smallest absolute Gasteiger partial charge is 0.337 e. The van der Waals surface area contributed by atoms with E-state index in [4.69, 9.17) is 5.11 Å². The number of phenols is 1. The molecule has 0 fully saturated rings. The monoisotopic (exact) mass is 214 g/mol. The zero-order chi connectivity index (χ0) is 10.7. The van der Waals surface area contributed by atoms with Gasteiger partial charge in [-0.15, -0.1) is 11.8 Å². The van der Waals surface area contributed by atoms with Crippen LogP contribution in [0.4, 0.5) is 0 Å². The Balaban J connectivity index is 3.20. The van der Waals surface area contributed by atoms with E-state index in [9.17, 15) is 15.0 Å². The van der Waals surface area contributed by atoms with Crippen molar-refractivity contribution in [2.24, 2.45) is 0 Å². The van der Waals surface area contributed by atoms with Crippen LogP contribution in [-0.4, -0.2) is 27.5 Å². The van der Waals surface area contributed by atoms with Crippen LogP contribution in [0, 0.1) is 0 Å². The van der Waals surface area contributed by atoms with E-state index in [1.54, 1.807) is 6.26 Å². The van der Waals surface area contributed by atoms with E-state index in [1.165, 1.54) is 30.0 Å². The Hall–Kier alpha value is -1.20. The summed E-state index contributed by atoms with van der Waals surface area (Å²) in [5.41, 5.74) is 0.213. The largest absolute Gasteiger partial charge is 0.507 e. The van der Waals surface area contributed by atoms with Crippen molar-refractivity contribution in [1.29, 1.82) is 0 Å². The van der Waals surface area contributed by atoms with Crippen LogP contribution in [0.15, 0.2) is 23.1 Å². The number of rotatable bonds is 3. The van der Waals surface area contributed by atoms with Gasteiger partial charge in [0.2, 0.25) is 0 Å². The minimum Gasteiger partial charge on any atom is -0.507 e. The SMILES string of the molecule is CSc1c(O)cccc1C(O)C(=O)O. The molecule has 0 aliphatic heterocycles. The van der Waals surface area contributed by atoms with Gasteiger partial charge >= 0.3 is 5.97 Å². The van der Waals surface area contributed by atoms with Crippen molar-refractivity contribution in [2.45, 2.75) is 11.0 Å². The number of aliphatic hydroxyl groups is 1. The van der Waals surface area contributed by atoms with E-state index < -0.39 is 12.1 Å². The molecule has 0 aliphatic carbocycles. The Labute approximate surface area is 85.2 Å². The third-order valence-electron chi connectivity index (χ3n) is 1.76. The van der Waals surface area contributed by atoms with Crippen LogP contribution in [-0.2, 0) is 4.79 Å². The summed E-state index contributed by atoms with van der Waals surface area (Å²) in [6.07, 6.45) is 0.109. The fraction of sp³-hybridized carbons (Fsp3) is 0.222. The molecule has 4 nitrogen and oxygen atoms in total. The third-order valence-corrected chi connectivity index (χ3v) is 2.61. The highest BCUT2D eigenvalue weighted by Gasteiger charge is 2.20. The van der Waals surface area contributed by atoms with Crippen molar-refractivity contribution in [3.63, 3.8) is 0 Å². The minimum atomic E-state index is -1.59. The van der Waals surface area contributed by atoms with Gasteiger partial charge in [-0.05, 0) is 12.3 Å². The second-order valence-corrected chi connectivity index (χ2v) is 3.46. The first-order valence-corrected chi connectivity index (χ1v) is 5.07. The normalized spacial score (nSPS) is 12.4. The van der Waals surface area contributed by atoms with E-state index in [-0.39, 0.29) is 11.3 Å². The average molecular weight is 214 g/mol. The molecule has 0 saturated carbocycles. The van der Waals surface area contributed by atoms with Gasteiger partial charge in [0.25, 0.3) is 0 Å². The van der Waals surface area contributed by atoms with E-state index in [1.807, 2.05) is 0 Å². The average Bonchev–Trinajstić information content (AvgIpc) is 2.16. The Morgan fingerprint density at radius 1 is 1.50 bits per heavy atom. The van der Waals surface area contributed by atoms with Crippen LogP contribution in [0.2, 0.25) is 0 Å². The summed E-state index contributed by atoms with van der Waals surface area (Å²) in [6, 6.07) is 4.42. The van der Waals surface area contributed by atoms with Gasteiger partial charge in [0.05, 0.1) is 4.90 Å². The van der Waals surface area contributed by atoms with Crippen molar-refractivity contribution in [3.8, 4) is 5.75 Å². The van der Waals surface area contributed by atoms with Crippen LogP contribution in [0.3, 0.4) is 0 Å². The van der Waals surface area contributed by atoms with Crippen molar-refractivity contribution < 1.29 is 20.1 Å². The van der Waals surface area contributed by atoms with Gasteiger partial charge in [0, 0.05) is 5.56 Å². The van der Waals surface area contributed by atoms with Crippen LogP contribution in [0.5, 0.6) is 5.75 Å². The molecule has 0 radical (unpaired) electrons. The first-order valence-electron chi connectivity index (χ1n) is 3.84. The predicted octanol–water partition coefficient (Wildman–Crippen LogP) is 1.23. The summed E-state index contributed by atoms with van der Waals surface area (Å²) in [5.74, 6) is -1.35. The number of aliphatic hydroxyl groups excluding tert-OH is 1. The Bertz CT molecular complexity index is 351. The molecule has 14 heavy (non-hydrogen) atoms. The van der Waals surface area contributed by atoms with E-state index in [2.05, 4.69) is 0 Å². The van der Waals surface area contributed by atoms with Gasteiger partial charge in [-0.1, -0.05) is 12.1 Å². The van der Waals surface area contributed by atoms with Gasteiger partial charge in [0.1, 0.15) is 5.75 Å². The van der Waals surface area contributed by atoms with E-state index in [0.29, 0.717) is 4.90 Å². The fourth-order valence-electron chi connectivity index (χ4n) is 1.11. The molecule has 1 unspecified atom stereocenters. The number of carboxylic acids is 1. The molecular formula is C9H10O4S. The summed E-state index contributed by atoms with van der Waals surface area (Å²) in [4.78, 5) is 10.9. The highest BCUT2D eigenvalue weighted by Crippen LogP contribution is 2.33. The maximum atomic E-state index is 10.5. The van der Waals surface area contributed by atoms with Crippen molar-refractivity contribution in [2.75, 3.05) is 6.26 Å². The van der Waals surface area contributed by atoms with Crippen LogP contribution < -0.4 is 0 Å². The van der Waals surface area contributed by atoms with E-state index in [0.717, 1.165) is 0 Å². The third kappa shape index (κ3) is 2.00. The van der Waals surface area contributed by atoms with Crippen LogP contribution in [0.1, 0.15) is 11.7 Å². The molecule has 5 heteroatoms. The van der Waals surface area contributed by atoms with E-state index >= 15 is 0 Å². The van der Waals surface area contributed by atoms with Crippen molar-refractivity contribution in [1.82, 2.24) is 0 Å². The Morgan fingerprint density at radius 2 is 2.14 bits per heavy atom. The molecule has 0 aromatic heterocycles. The molecule has 1 aromatic carbocycles. The fourth-order valence-corrected chi connectivity index (χ4v) is 1.81. The maximum Gasteiger partial charge on any atom is 0.337 e. The molecule has 1 atom stereocenters. The summed E-state index contributed by atoms with van der Waals surface area (Å²) < 4.78 is 0. The van der Waals surface area contributed by atoms with Crippen LogP contribution >= 0.6 is 11.8 Å². The second kappa shape index (κ2) is 4.34. The van der Waals surface area contributed by atoms with Crippen LogP contribution in [0.25, 0.3) is 0 Å². The number of carboxylic acid groups (broad SMARTS) is 1. The molecule has 0 bridgehead atoms. The molecule has 0 spiro atoms. The lowest BCUT2D eigenvalue weighted by atomic mass is 10.1. The van der Waals surface area contributed by atoms with Gasteiger partial charge < -0.3 is 15.3 Å². The minimum absolute atomic E-state index is 0.0182. The summed E-state index contributed by atoms with van der Waals surface area (Å²) in [6.45, 7) is 0. The molecule has 76 valence electrons. The molecule has 1 aromatic rings. The summed E-state index contributed by atoms with van der Waals surface area (Å²) >= 11 is 1.19. The van der Waals surface area contributed by atoms with Gasteiger partial charge in [-0.3, -0.25) is 0 Å². The van der Waals surface area contributed by atoms with Crippen molar-refractivity contribution >= 4 is 17.7 Å². The Morgan fingerprint density at radius 3 is 2.64 bits per heavy atom. The topological polar surface area (TPSA) is 77.8 Å².